The van der Waals surface area contributed by atoms with Gasteiger partial charge in [-0.15, -0.1) is 0 Å². The van der Waals surface area contributed by atoms with Gasteiger partial charge in [-0.05, 0) is 25.5 Å². The Balaban J connectivity index is 3.03. The molecule has 28 heavy (non-hydrogen) atoms. The van der Waals surface area contributed by atoms with E-state index in [0.717, 1.165) is 10.7 Å². The zero-order chi connectivity index (χ0) is 21.5. The number of unbranched alkanes of at least 4 members (excludes halogenated alkanes) is 1. The van der Waals surface area contributed by atoms with Gasteiger partial charge in [0.25, 0.3) is 0 Å². The van der Waals surface area contributed by atoms with E-state index in [1.807, 2.05) is 6.92 Å². The highest BCUT2D eigenvalue weighted by Gasteiger charge is 2.32. The van der Waals surface area contributed by atoms with Crippen LogP contribution >= 0.6 is 0 Å². The Bertz CT molecular complexity index is 795. The van der Waals surface area contributed by atoms with Crippen LogP contribution in [0.15, 0.2) is 23.1 Å². The molecule has 0 aliphatic rings. The molecule has 2 N–H and O–H groups in total. The maximum atomic E-state index is 12.9. The third-order valence-corrected chi connectivity index (χ3v) is 6.34. The van der Waals surface area contributed by atoms with Crippen molar-refractivity contribution in [1.29, 1.82) is 0 Å². The van der Waals surface area contributed by atoms with Gasteiger partial charge in [0.1, 0.15) is 12.1 Å². The lowest BCUT2D eigenvalue weighted by atomic mass is 10.1. The van der Waals surface area contributed by atoms with Crippen molar-refractivity contribution in [1.82, 2.24) is 9.62 Å². The van der Waals surface area contributed by atoms with Crippen molar-refractivity contribution in [2.24, 2.45) is 0 Å². The molecule has 10 heteroatoms. The summed E-state index contributed by atoms with van der Waals surface area (Å²) in [6.45, 7) is 3.30. The normalized spacial score (nSPS) is 13.6. The number of methoxy groups -OCH3 is 2. The molecule has 0 aromatic heterocycles. The van der Waals surface area contributed by atoms with Crippen LogP contribution in [0.5, 0.6) is 11.5 Å². The van der Waals surface area contributed by atoms with Crippen LogP contribution < -0.4 is 14.8 Å². The van der Waals surface area contributed by atoms with Gasteiger partial charge in [-0.1, -0.05) is 19.8 Å². The fraction of sp³-hybridized carbons (Fsp3) is 0.556. The molecule has 158 valence electrons. The number of carbonyl (C=O) groups excluding carboxylic acids is 1. The third-order valence-electron chi connectivity index (χ3n) is 4.42. The van der Waals surface area contributed by atoms with E-state index in [0.29, 0.717) is 12.2 Å². The van der Waals surface area contributed by atoms with Crippen LogP contribution in [-0.2, 0) is 19.6 Å². The number of nitrogens with one attached hydrogen (secondary N) is 1. The Morgan fingerprint density at radius 3 is 2.32 bits per heavy atom. The van der Waals surface area contributed by atoms with Gasteiger partial charge in [0.2, 0.25) is 15.9 Å². The van der Waals surface area contributed by atoms with Crippen LogP contribution in [0.2, 0.25) is 0 Å². The summed E-state index contributed by atoms with van der Waals surface area (Å²) in [7, 11) is 0.0555. The molecule has 0 radical (unpaired) electrons. The van der Waals surface area contributed by atoms with Crippen molar-refractivity contribution in [3.8, 4) is 11.5 Å². The zero-order valence-corrected chi connectivity index (χ0v) is 17.6. The van der Waals surface area contributed by atoms with Crippen LogP contribution in [0.3, 0.4) is 0 Å². The number of nitrogens with zero attached hydrogens (tertiary/aromatic N) is 1. The molecule has 0 saturated carbocycles. The summed E-state index contributed by atoms with van der Waals surface area (Å²) in [6.07, 6.45) is 1.69. The van der Waals surface area contributed by atoms with Crippen molar-refractivity contribution in [2.45, 2.75) is 50.1 Å². The van der Waals surface area contributed by atoms with E-state index in [-0.39, 0.29) is 17.1 Å². The molecule has 0 saturated heterocycles. The fourth-order valence-corrected chi connectivity index (χ4v) is 3.82. The first-order valence-electron chi connectivity index (χ1n) is 8.83. The molecular weight excluding hydrogens is 388 g/mol. The molecule has 0 unspecified atom stereocenters. The van der Waals surface area contributed by atoms with Gasteiger partial charge in [0.15, 0.2) is 11.5 Å². The lowest BCUT2D eigenvalue weighted by Gasteiger charge is -2.25. The number of ether oxygens (including phenoxy) is 2. The summed E-state index contributed by atoms with van der Waals surface area (Å²) in [4.78, 5) is 23.7. The summed E-state index contributed by atoms with van der Waals surface area (Å²) in [5, 5.41) is 11.6. The number of benzene rings is 1. The Labute approximate surface area is 165 Å². The van der Waals surface area contributed by atoms with Crippen molar-refractivity contribution in [2.75, 3.05) is 21.3 Å². The maximum absolute atomic E-state index is 12.9. The molecule has 0 bridgehead atoms. The predicted molar refractivity (Wildman–Crippen MR) is 103 cm³/mol. The van der Waals surface area contributed by atoms with Crippen LogP contribution in [0.25, 0.3) is 0 Å². The highest BCUT2D eigenvalue weighted by Crippen LogP contribution is 2.30. The Morgan fingerprint density at radius 1 is 1.21 bits per heavy atom. The quantitative estimate of drug-likeness (QED) is 0.560. The van der Waals surface area contributed by atoms with E-state index in [1.165, 1.54) is 46.4 Å². The SMILES string of the molecule is CCCC[C@H](NC(=O)[C@H](C)N(C)S(=O)(=O)c1ccc(OC)c(OC)c1)C(=O)O. The number of sulfonamides is 1. The predicted octanol–water partition coefficient (Wildman–Crippen LogP) is 1.47. The number of likely N-dealkylation sites (N-methyl/N-ethyl adjacent to an activating group) is 1. The summed E-state index contributed by atoms with van der Waals surface area (Å²) in [6, 6.07) is 1.93. The number of carboxylic acid groups (broad SMARTS) is 1. The Hall–Kier alpha value is -2.33. The smallest absolute Gasteiger partial charge is 0.326 e. The minimum atomic E-state index is -4.02. The number of hydrogen-bond acceptors (Lipinski definition) is 6. The number of hydrogen-bond donors (Lipinski definition) is 2. The van der Waals surface area contributed by atoms with E-state index in [2.05, 4.69) is 5.32 Å². The lowest BCUT2D eigenvalue weighted by molar-refractivity contribution is -0.142. The topological polar surface area (TPSA) is 122 Å². The summed E-state index contributed by atoms with van der Waals surface area (Å²) >= 11 is 0. The van der Waals surface area contributed by atoms with Gasteiger partial charge in [-0.2, -0.15) is 4.31 Å². The minimum absolute atomic E-state index is 0.0759. The molecular formula is C18H28N2O7S. The standard InChI is InChI=1S/C18H28N2O7S/c1-6-7-8-14(18(22)23)19-17(21)12(2)20(3)28(24,25)13-9-10-15(26-4)16(11-13)27-5/h9-12,14H,6-8H2,1-5H3,(H,19,21)(H,22,23)/t12-,14-/m0/s1. The van der Waals surface area contributed by atoms with Gasteiger partial charge in [-0.3, -0.25) is 4.79 Å². The van der Waals surface area contributed by atoms with E-state index < -0.39 is 34.0 Å². The lowest BCUT2D eigenvalue weighted by Crippen LogP contribution is -2.50. The summed E-state index contributed by atoms with van der Waals surface area (Å²) in [5.41, 5.74) is 0. The average Bonchev–Trinajstić information content (AvgIpc) is 2.68. The molecule has 0 aliphatic carbocycles. The maximum Gasteiger partial charge on any atom is 0.326 e. The Kier molecular flexibility index (Phi) is 8.70. The van der Waals surface area contributed by atoms with Gasteiger partial charge in [-0.25, -0.2) is 13.2 Å². The Morgan fingerprint density at radius 2 is 1.82 bits per heavy atom. The van der Waals surface area contributed by atoms with Crippen LogP contribution in [0.4, 0.5) is 0 Å². The molecule has 0 heterocycles. The van der Waals surface area contributed by atoms with Gasteiger partial charge in [0.05, 0.1) is 19.1 Å². The van der Waals surface area contributed by atoms with Crippen molar-refractivity contribution in [3.05, 3.63) is 18.2 Å². The molecule has 0 aliphatic heterocycles. The number of rotatable bonds is 11. The van der Waals surface area contributed by atoms with Gasteiger partial charge in [0, 0.05) is 13.1 Å². The first kappa shape index (κ1) is 23.7. The highest BCUT2D eigenvalue weighted by molar-refractivity contribution is 7.89. The second kappa shape index (κ2) is 10.3. The summed E-state index contributed by atoms with van der Waals surface area (Å²) < 4.78 is 36.9. The minimum Gasteiger partial charge on any atom is -0.493 e. The molecule has 2 atom stereocenters. The molecule has 9 nitrogen and oxygen atoms in total. The van der Waals surface area contributed by atoms with Crippen LogP contribution in [-0.4, -0.2) is 63.1 Å². The van der Waals surface area contributed by atoms with E-state index >= 15 is 0 Å². The first-order valence-corrected chi connectivity index (χ1v) is 10.3. The molecule has 0 spiro atoms. The van der Waals surface area contributed by atoms with E-state index in [1.54, 1.807) is 0 Å². The number of amides is 1. The van der Waals surface area contributed by atoms with E-state index in [4.69, 9.17) is 9.47 Å². The second-order valence-electron chi connectivity index (χ2n) is 6.26. The van der Waals surface area contributed by atoms with Crippen molar-refractivity contribution < 1.29 is 32.6 Å². The third kappa shape index (κ3) is 5.59. The van der Waals surface area contributed by atoms with E-state index in [9.17, 15) is 23.1 Å². The first-order chi connectivity index (χ1) is 13.1. The van der Waals surface area contributed by atoms with Crippen LogP contribution in [0, 0.1) is 0 Å². The average molecular weight is 416 g/mol. The summed E-state index contributed by atoms with van der Waals surface area (Å²) in [5.74, 6) is -1.23. The monoisotopic (exact) mass is 416 g/mol. The number of aliphatic carboxylic acids is 1. The second-order valence-corrected chi connectivity index (χ2v) is 8.25. The highest BCUT2D eigenvalue weighted by atomic mass is 32.2. The molecule has 0 fully saturated rings. The number of carbonyl (C=O) groups is 2. The molecule has 1 rings (SSSR count). The fourth-order valence-electron chi connectivity index (χ4n) is 2.47. The zero-order valence-electron chi connectivity index (χ0n) is 16.8. The number of carboxylic acids is 1. The van der Waals surface area contributed by atoms with Gasteiger partial charge < -0.3 is 19.9 Å². The molecule has 1 aromatic rings. The van der Waals surface area contributed by atoms with Crippen molar-refractivity contribution in [3.63, 3.8) is 0 Å². The molecule has 1 aromatic carbocycles. The largest absolute Gasteiger partial charge is 0.493 e. The van der Waals surface area contributed by atoms with Gasteiger partial charge >= 0.3 is 5.97 Å². The molecule has 1 amide bonds. The van der Waals surface area contributed by atoms with Crippen LogP contribution in [0.1, 0.15) is 33.1 Å². The van der Waals surface area contributed by atoms with Crippen molar-refractivity contribution >= 4 is 21.9 Å².